The molecule has 124 heavy (non-hydrogen) atoms. The molecule has 620 valence electrons. The molecule has 0 saturated carbocycles. The van der Waals surface area contributed by atoms with E-state index < -0.39 is 0 Å². The maximum absolute atomic E-state index is 6.40. The van der Waals surface area contributed by atoms with Crippen molar-refractivity contribution in [3.8, 4) is 22.3 Å². The third-order valence-corrected chi connectivity index (χ3v) is 30.4. The fraction of sp³-hybridized carbons (Fsp3) is 0.196. The predicted octanol–water partition coefficient (Wildman–Crippen LogP) is 33.3. The molecule has 20 rings (SSSR count). The van der Waals surface area contributed by atoms with Crippen LogP contribution in [0, 0.1) is 69.2 Å². The van der Waals surface area contributed by atoms with Gasteiger partial charge in [-0.3, -0.25) is 9.80 Å². The summed E-state index contributed by atoms with van der Waals surface area (Å²) in [6, 6.07) is 90.0. The molecule has 12 heteroatoms. The van der Waals surface area contributed by atoms with Crippen LogP contribution in [0.15, 0.2) is 340 Å². The van der Waals surface area contributed by atoms with Crippen molar-refractivity contribution in [2.45, 2.75) is 152 Å². The fourth-order valence-electron chi connectivity index (χ4n) is 18.6. The van der Waals surface area contributed by atoms with Gasteiger partial charge in [0.2, 0.25) is 0 Å². The summed E-state index contributed by atoms with van der Waals surface area (Å²) in [6.07, 6.45) is 0. The van der Waals surface area contributed by atoms with Crippen molar-refractivity contribution in [1.82, 2.24) is 0 Å². The van der Waals surface area contributed by atoms with Crippen LogP contribution in [-0.2, 0) is 9.47 Å². The van der Waals surface area contributed by atoms with Gasteiger partial charge in [-0.2, -0.15) is 0 Å². The third-order valence-electron chi connectivity index (χ3n) is 25.4. The van der Waals surface area contributed by atoms with Gasteiger partial charge in [-0.05, 0) is 323 Å². The molecule has 0 N–H and O–H groups in total. The van der Waals surface area contributed by atoms with E-state index in [2.05, 4.69) is 411 Å². The Morgan fingerprint density at radius 2 is 0.492 bits per heavy atom. The van der Waals surface area contributed by atoms with Crippen LogP contribution in [0.25, 0.3) is 86.9 Å². The van der Waals surface area contributed by atoms with E-state index in [1.54, 1.807) is 0 Å². The van der Waals surface area contributed by atoms with Gasteiger partial charge < -0.3 is 29.1 Å². The second-order valence-corrected chi connectivity index (χ2v) is 39.2. The smallest absolute Gasteiger partial charge is 0.267 e. The Morgan fingerprint density at radius 1 is 0.210 bits per heavy atom. The van der Waals surface area contributed by atoms with Crippen LogP contribution in [-0.4, -0.2) is 0 Å². The van der Waals surface area contributed by atoms with E-state index in [-0.39, 0.29) is 0 Å². The molecule has 0 aliphatic carbocycles. The summed E-state index contributed by atoms with van der Waals surface area (Å²) in [5, 5.41) is 20.1. The summed E-state index contributed by atoms with van der Waals surface area (Å²) in [4.78, 5) is 19.6. The summed E-state index contributed by atoms with van der Waals surface area (Å²) in [6.45, 7) is 48.1. The van der Waals surface area contributed by atoms with Gasteiger partial charge in [0.1, 0.15) is 31.6 Å². The Kier molecular flexibility index (Phi) is 22.1. The molecule has 0 saturated heterocycles. The van der Waals surface area contributed by atoms with Gasteiger partial charge in [0.15, 0.2) is 0 Å². The molecule has 6 aliphatic rings. The van der Waals surface area contributed by atoms with E-state index in [0.29, 0.717) is 11.8 Å². The minimum Gasteiger partial charge on any atom is -0.439 e. The Morgan fingerprint density at radius 3 is 0.847 bits per heavy atom. The highest BCUT2D eigenvalue weighted by Crippen LogP contribution is 2.58. The highest BCUT2D eigenvalue weighted by Gasteiger charge is 2.40. The largest absolute Gasteiger partial charge is 0.439 e. The zero-order valence-electron chi connectivity index (χ0n) is 75.2. The van der Waals surface area contributed by atoms with Crippen molar-refractivity contribution in [2.75, 3.05) is 29.4 Å². The number of allylic oxidation sites excluding steroid dienone is 12. The van der Waals surface area contributed by atoms with Crippen molar-refractivity contribution in [1.29, 1.82) is 0 Å². The standard InChI is InChI=1S/C48H46N2S2.C32H30N2O2.C32H30N2S2/c1-27-21-29(3)45(30(4)22-27)39-17-19-41-37(25-39)13-11-15-43(41)49-33(7)35(9)51-47(49)48-50(34(8)36(10)52-48)44-16-12-14-38-26-40(18-20-42(38)44)46-31(5)23-28(2)24-32(46)6;1-19-7-9-27-17-29(13-11-25(27)15-19)33-21(3)23(5)35-31(33)32-34(22(4)24(6)36-32)30-14-12-26-16-20(2)8-10-28(26)18-30;1-19-7-9-25-11-13-29(17-27(25)15-19)33-21(3)23(5)35-31(33)32-34(22(4)24(6)36-32)30-14-12-26-10-8-20(2)16-28(26)18-30/h11-26H,1-10H3;2*7-18H,1-6H3/b48-47+;2*32-31+. The molecule has 0 radical (unpaired) electrons. The van der Waals surface area contributed by atoms with Crippen LogP contribution in [0.5, 0.6) is 0 Å². The van der Waals surface area contributed by atoms with E-state index in [4.69, 9.17) is 9.47 Å². The molecule has 0 fully saturated rings. The molecule has 14 aromatic carbocycles. The number of benzene rings is 14. The molecule has 0 spiro atoms. The first-order valence-corrected chi connectivity index (χ1v) is 46.2. The number of nitrogens with zero attached hydrogens (tertiary/aromatic N) is 6. The van der Waals surface area contributed by atoms with Crippen molar-refractivity contribution in [3.05, 3.63) is 395 Å². The molecule has 0 amide bonds. The number of hydrogen-bond donors (Lipinski definition) is 0. The van der Waals surface area contributed by atoms with Crippen LogP contribution < -0.4 is 29.4 Å². The Hall–Kier alpha value is -11.9. The number of fused-ring (bicyclic) bond motifs is 6. The van der Waals surface area contributed by atoms with E-state index >= 15 is 0 Å². The SMILES string of the molecule is CC1=C(C)N(c2ccc3cc(C)ccc3c2)/C(=C2\OC(C)=C(C)N2c2ccc3cc(C)ccc3c2)O1.CC1=C(C)N(c2ccc3ccc(C)cc3c2)/C(=C2\SC(C)=C(C)N2c2ccc3ccc(C)cc3c2)S1.CC1=C(C)N(c2cccc3cc(-c4c(C)cc(C)cc4C)ccc23)/C(=C2\SC(C)=C(C)N2c2cccc3cc(-c4c(C)cc(C)cc4C)ccc23)S1. The topological polar surface area (TPSA) is 37.9 Å². The Labute approximate surface area is 749 Å². The molecular weight excluding hydrogens is 1590 g/mol. The zero-order chi connectivity index (χ0) is 86.9. The molecule has 14 aromatic rings. The first-order chi connectivity index (χ1) is 59.5. The van der Waals surface area contributed by atoms with E-state index in [9.17, 15) is 0 Å². The molecule has 0 aromatic heterocycles. The molecule has 8 nitrogen and oxygen atoms in total. The summed E-state index contributed by atoms with van der Waals surface area (Å²) in [5.41, 5.74) is 32.5. The monoisotopic (exact) mass is 1690 g/mol. The van der Waals surface area contributed by atoms with Crippen LogP contribution >= 0.6 is 47.0 Å². The van der Waals surface area contributed by atoms with Crippen LogP contribution in [0.1, 0.15) is 139 Å². The van der Waals surface area contributed by atoms with E-state index in [1.807, 2.05) is 60.9 Å². The maximum Gasteiger partial charge on any atom is 0.267 e. The summed E-state index contributed by atoms with van der Waals surface area (Å²) < 4.78 is 12.8. The first-order valence-electron chi connectivity index (χ1n) is 42.9. The normalized spacial score (nSPS) is 17.5. The van der Waals surface area contributed by atoms with Gasteiger partial charge in [-0.15, -0.1) is 0 Å². The van der Waals surface area contributed by atoms with Crippen molar-refractivity contribution in [2.24, 2.45) is 0 Å². The van der Waals surface area contributed by atoms with Crippen LogP contribution in [0.3, 0.4) is 0 Å². The number of thioether (sulfide) groups is 4. The molecule has 0 unspecified atom stereocenters. The van der Waals surface area contributed by atoms with Gasteiger partial charge in [0, 0.05) is 75.9 Å². The highest BCUT2D eigenvalue weighted by molar-refractivity contribution is 8.11. The second kappa shape index (κ2) is 33.0. The van der Waals surface area contributed by atoms with Gasteiger partial charge >= 0.3 is 0 Å². The Bertz CT molecular complexity index is 6770. The molecule has 6 heterocycles. The number of hydrogen-bond acceptors (Lipinski definition) is 12. The van der Waals surface area contributed by atoms with Gasteiger partial charge in [0.05, 0.1) is 22.8 Å². The fourth-order valence-corrected chi connectivity index (χ4v) is 23.2. The minimum absolute atomic E-state index is 0.677. The van der Waals surface area contributed by atoms with Crippen molar-refractivity contribution >= 4 is 146 Å². The lowest BCUT2D eigenvalue weighted by molar-refractivity contribution is 0.255. The van der Waals surface area contributed by atoms with Gasteiger partial charge in [-0.1, -0.05) is 250 Å². The minimum atomic E-state index is 0.677. The number of aryl methyl sites for hydroxylation is 10. The predicted molar refractivity (Wildman–Crippen MR) is 541 cm³/mol. The number of rotatable bonds is 8. The summed E-state index contributed by atoms with van der Waals surface area (Å²) in [7, 11) is 0. The van der Waals surface area contributed by atoms with Crippen molar-refractivity contribution < 1.29 is 9.47 Å². The summed E-state index contributed by atoms with van der Waals surface area (Å²) in [5.74, 6) is 3.08. The lowest BCUT2D eigenvalue weighted by Gasteiger charge is -2.29. The number of ether oxygens (including phenoxy) is 2. The lowest BCUT2D eigenvalue weighted by atomic mass is 9.92. The number of anilines is 6. The molecule has 6 aliphatic heterocycles. The van der Waals surface area contributed by atoms with Gasteiger partial charge in [-0.25, -0.2) is 0 Å². The average Bonchev–Trinajstić information content (AvgIpc) is 1.58. The maximum atomic E-state index is 6.40. The Balaban J connectivity index is 0.000000130. The lowest BCUT2D eigenvalue weighted by Crippen LogP contribution is -2.25. The van der Waals surface area contributed by atoms with Crippen molar-refractivity contribution in [3.63, 3.8) is 0 Å². The average molecular weight is 1700 g/mol. The van der Waals surface area contributed by atoms with Crippen LogP contribution in [0.2, 0.25) is 0 Å². The molecular formula is C112H106N6O2S4. The van der Waals surface area contributed by atoms with E-state index in [1.165, 1.54) is 228 Å². The summed E-state index contributed by atoms with van der Waals surface area (Å²) >= 11 is 7.57. The molecule has 0 bridgehead atoms. The second-order valence-electron chi connectivity index (χ2n) is 34.4. The molecule has 0 atom stereocenters. The highest BCUT2D eigenvalue weighted by atomic mass is 32.2. The zero-order valence-corrected chi connectivity index (χ0v) is 78.5. The van der Waals surface area contributed by atoms with E-state index in [0.717, 1.165) is 34.3 Å². The van der Waals surface area contributed by atoms with Gasteiger partial charge in [0.25, 0.3) is 11.8 Å². The quantitative estimate of drug-likeness (QED) is 0.145. The first kappa shape index (κ1) is 83.0. The van der Waals surface area contributed by atoms with Crippen LogP contribution in [0.4, 0.5) is 34.1 Å². The third kappa shape index (κ3) is 15.2.